The van der Waals surface area contributed by atoms with Gasteiger partial charge in [-0.1, -0.05) is 18.2 Å². The number of nitrogens with one attached hydrogen (secondary N) is 1. The highest BCUT2D eigenvalue weighted by molar-refractivity contribution is 6.11. The Balaban J connectivity index is 0.000000471. The van der Waals surface area contributed by atoms with Gasteiger partial charge in [0.2, 0.25) is 0 Å². The first-order chi connectivity index (χ1) is 11.4. The molecule has 4 N–H and O–H groups in total. The largest absolute Gasteiger partial charge is 0.497 e. The van der Waals surface area contributed by atoms with Crippen molar-refractivity contribution in [2.45, 2.75) is 6.92 Å². The molecule has 0 aliphatic heterocycles. The lowest BCUT2D eigenvalue weighted by molar-refractivity contribution is -0.134. The summed E-state index contributed by atoms with van der Waals surface area (Å²) >= 11 is 0. The second-order valence-corrected chi connectivity index (χ2v) is 5.03. The molecule has 1 heterocycles. The monoisotopic (exact) mass is 326 g/mol. The highest BCUT2D eigenvalue weighted by atomic mass is 16.5. The van der Waals surface area contributed by atoms with E-state index >= 15 is 0 Å². The number of ether oxygens (including phenoxy) is 1. The smallest absolute Gasteiger partial charge is 0.300 e. The SMILES string of the molecule is CC(=O)O.COc1ccc(-c2[nH]c3ccccc3c2C(N)=O)cc1. The van der Waals surface area contributed by atoms with E-state index in [1.54, 1.807) is 7.11 Å². The maximum absolute atomic E-state index is 11.8. The summed E-state index contributed by atoms with van der Waals surface area (Å²) in [5, 5.41) is 8.26. The number of rotatable bonds is 3. The van der Waals surface area contributed by atoms with Crippen LogP contribution in [0.15, 0.2) is 48.5 Å². The normalized spacial score (nSPS) is 9.92. The number of amides is 1. The lowest BCUT2D eigenvalue weighted by atomic mass is 10.0. The highest BCUT2D eigenvalue weighted by Gasteiger charge is 2.17. The minimum atomic E-state index is -0.833. The predicted octanol–water partition coefficient (Wildman–Crippen LogP) is 3.03. The van der Waals surface area contributed by atoms with Crippen LogP contribution in [0, 0.1) is 0 Å². The van der Waals surface area contributed by atoms with Crippen LogP contribution in [0.1, 0.15) is 17.3 Å². The molecule has 0 unspecified atom stereocenters. The number of benzene rings is 2. The van der Waals surface area contributed by atoms with E-state index in [9.17, 15) is 4.79 Å². The molecule has 24 heavy (non-hydrogen) atoms. The van der Waals surface area contributed by atoms with Gasteiger partial charge in [-0.25, -0.2) is 0 Å². The number of carbonyl (C=O) groups excluding carboxylic acids is 1. The lowest BCUT2D eigenvalue weighted by Crippen LogP contribution is -2.11. The van der Waals surface area contributed by atoms with E-state index < -0.39 is 11.9 Å². The molecule has 6 nitrogen and oxygen atoms in total. The minimum absolute atomic E-state index is 0.437. The number of hydrogen-bond donors (Lipinski definition) is 3. The topological polar surface area (TPSA) is 105 Å². The third-order valence-corrected chi connectivity index (χ3v) is 3.33. The van der Waals surface area contributed by atoms with E-state index in [1.807, 2.05) is 48.5 Å². The Bertz CT molecular complexity index is 862. The number of para-hydroxylation sites is 1. The molecule has 0 atom stereocenters. The second kappa shape index (κ2) is 7.32. The van der Waals surface area contributed by atoms with Crippen LogP contribution in [-0.2, 0) is 4.79 Å². The Morgan fingerprint density at radius 1 is 1.08 bits per heavy atom. The molecule has 0 aliphatic carbocycles. The first-order valence-corrected chi connectivity index (χ1v) is 7.18. The van der Waals surface area contributed by atoms with Crippen molar-refractivity contribution >= 4 is 22.8 Å². The Morgan fingerprint density at radius 2 is 1.67 bits per heavy atom. The molecule has 3 rings (SSSR count). The third kappa shape index (κ3) is 3.73. The quantitative estimate of drug-likeness (QED) is 0.688. The van der Waals surface area contributed by atoms with Crippen LogP contribution < -0.4 is 10.5 Å². The molecular weight excluding hydrogens is 308 g/mol. The average molecular weight is 326 g/mol. The summed E-state index contributed by atoms with van der Waals surface area (Å²) in [5.41, 5.74) is 8.59. The fourth-order valence-electron chi connectivity index (χ4n) is 2.37. The molecule has 0 fully saturated rings. The van der Waals surface area contributed by atoms with Crippen LogP contribution in [0.5, 0.6) is 5.75 Å². The zero-order chi connectivity index (χ0) is 17.7. The number of hydrogen-bond acceptors (Lipinski definition) is 3. The van der Waals surface area contributed by atoms with Crippen molar-refractivity contribution in [1.82, 2.24) is 4.98 Å². The van der Waals surface area contributed by atoms with Crippen molar-refractivity contribution in [2.75, 3.05) is 7.11 Å². The summed E-state index contributed by atoms with van der Waals surface area (Å²) in [6.07, 6.45) is 0. The minimum Gasteiger partial charge on any atom is -0.497 e. The maximum Gasteiger partial charge on any atom is 0.300 e. The maximum atomic E-state index is 11.8. The van der Waals surface area contributed by atoms with Gasteiger partial charge in [-0.05, 0) is 35.9 Å². The molecule has 0 radical (unpaired) electrons. The molecule has 2 aromatic carbocycles. The highest BCUT2D eigenvalue weighted by Crippen LogP contribution is 2.30. The number of fused-ring (bicyclic) bond motifs is 1. The summed E-state index contributed by atoms with van der Waals surface area (Å²) in [4.78, 5) is 24.0. The summed E-state index contributed by atoms with van der Waals surface area (Å²) in [6.45, 7) is 1.08. The van der Waals surface area contributed by atoms with Crippen molar-refractivity contribution in [3.8, 4) is 17.0 Å². The van der Waals surface area contributed by atoms with Crippen LogP contribution in [0.4, 0.5) is 0 Å². The van der Waals surface area contributed by atoms with Crippen LogP contribution in [0.3, 0.4) is 0 Å². The number of carboxylic acid groups (broad SMARTS) is 1. The van der Waals surface area contributed by atoms with E-state index in [-0.39, 0.29) is 0 Å². The van der Waals surface area contributed by atoms with Gasteiger partial charge in [0.05, 0.1) is 18.4 Å². The number of methoxy groups -OCH3 is 1. The molecule has 0 bridgehead atoms. The van der Waals surface area contributed by atoms with Crippen LogP contribution in [0.25, 0.3) is 22.2 Å². The number of H-pyrrole nitrogens is 1. The van der Waals surface area contributed by atoms with E-state index in [4.69, 9.17) is 20.4 Å². The fraction of sp³-hybridized carbons (Fsp3) is 0.111. The molecule has 3 aromatic rings. The molecule has 124 valence electrons. The Labute approximate surface area is 138 Å². The van der Waals surface area contributed by atoms with E-state index in [2.05, 4.69) is 4.98 Å². The van der Waals surface area contributed by atoms with Gasteiger partial charge in [-0.3, -0.25) is 9.59 Å². The van der Waals surface area contributed by atoms with E-state index in [0.717, 1.165) is 34.8 Å². The molecule has 0 saturated carbocycles. The van der Waals surface area contributed by atoms with Crippen LogP contribution in [0.2, 0.25) is 0 Å². The Hall–Kier alpha value is -3.28. The second-order valence-electron chi connectivity index (χ2n) is 5.03. The number of carbonyl (C=O) groups is 2. The molecular formula is C18H18N2O4. The van der Waals surface area contributed by atoms with Crippen molar-refractivity contribution in [1.29, 1.82) is 0 Å². The van der Waals surface area contributed by atoms with Crippen molar-refractivity contribution in [3.05, 3.63) is 54.1 Å². The number of aromatic nitrogens is 1. The van der Waals surface area contributed by atoms with Crippen molar-refractivity contribution < 1.29 is 19.4 Å². The molecule has 6 heteroatoms. The first kappa shape index (κ1) is 17.1. The van der Waals surface area contributed by atoms with Crippen LogP contribution in [-0.4, -0.2) is 29.1 Å². The molecule has 1 amide bonds. The van der Waals surface area contributed by atoms with Gasteiger partial charge < -0.3 is 20.6 Å². The number of aliphatic carboxylic acids is 1. The zero-order valence-corrected chi connectivity index (χ0v) is 13.4. The van der Waals surface area contributed by atoms with Gasteiger partial charge in [0.1, 0.15) is 5.75 Å². The Morgan fingerprint density at radius 3 is 2.21 bits per heavy atom. The van der Waals surface area contributed by atoms with Crippen molar-refractivity contribution in [2.24, 2.45) is 5.73 Å². The molecule has 1 aromatic heterocycles. The van der Waals surface area contributed by atoms with Gasteiger partial charge in [-0.2, -0.15) is 0 Å². The summed E-state index contributed by atoms with van der Waals surface area (Å²) in [6, 6.07) is 15.1. The summed E-state index contributed by atoms with van der Waals surface area (Å²) < 4.78 is 5.14. The van der Waals surface area contributed by atoms with Crippen LogP contribution >= 0.6 is 0 Å². The summed E-state index contributed by atoms with van der Waals surface area (Å²) in [7, 11) is 1.62. The van der Waals surface area contributed by atoms with Gasteiger partial charge in [0.15, 0.2) is 0 Å². The van der Waals surface area contributed by atoms with Gasteiger partial charge in [0, 0.05) is 17.8 Å². The first-order valence-electron chi connectivity index (χ1n) is 7.18. The molecule has 0 spiro atoms. The number of nitrogens with two attached hydrogens (primary N) is 1. The standard InChI is InChI=1S/C16H14N2O2.C2H4O2/c1-20-11-8-6-10(7-9-11)15-14(16(17)19)12-4-2-3-5-13(12)18-15;1-2(3)4/h2-9,18H,1H3,(H2,17,19);1H3,(H,3,4). The summed E-state index contributed by atoms with van der Waals surface area (Å²) in [5.74, 6) is -0.501. The fourth-order valence-corrected chi connectivity index (χ4v) is 2.37. The van der Waals surface area contributed by atoms with Gasteiger partial charge in [0.25, 0.3) is 11.9 Å². The van der Waals surface area contributed by atoms with Gasteiger partial charge >= 0.3 is 0 Å². The Kier molecular flexibility index (Phi) is 5.21. The zero-order valence-electron chi connectivity index (χ0n) is 13.4. The predicted molar refractivity (Wildman–Crippen MR) is 92.1 cm³/mol. The third-order valence-electron chi connectivity index (χ3n) is 3.33. The average Bonchev–Trinajstić information content (AvgIpc) is 2.94. The van der Waals surface area contributed by atoms with E-state index in [0.29, 0.717) is 5.56 Å². The van der Waals surface area contributed by atoms with E-state index in [1.165, 1.54) is 0 Å². The lowest BCUT2D eigenvalue weighted by Gasteiger charge is -2.03. The number of aromatic amines is 1. The number of carboxylic acids is 1. The molecule has 0 aliphatic rings. The number of primary amides is 1. The molecule has 0 saturated heterocycles. The van der Waals surface area contributed by atoms with Gasteiger partial charge in [-0.15, -0.1) is 0 Å². The van der Waals surface area contributed by atoms with Crippen molar-refractivity contribution in [3.63, 3.8) is 0 Å².